The lowest BCUT2D eigenvalue weighted by Crippen LogP contribution is -2.12. The van der Waals surface area contributed by atoms with Gasteiger partial charge in [-0.25, -0.2) is 0 Å². The lowest BCUT2D eigenvalue weighted by molar-refractivity contribution is -0.120. The Hall–Kier alpha value is -0.820. The van der Waals surface area contributed by atoms with E-state index in [0.717, 1.165) is 30.7 Å². The van der Waals surface area contributed by atoms with Crippen LogP contribution in [0.5, 0.6) is 0 Å². The molecule has 1 aromatic carbocycles. The summed E-state index contributed by atoms with van der Waals surface area (Å²) in [6, 6.07) is 7.99. The third-order valence-corrected chi connectivity index (χ3v) is 3.14. The summed E-state index contributed by atoms with van der Waals surface area (Å²) in [7, 11) is 0. The molecule has 0 bridgehead atoms. The highest BCUT2D eigenvalue weighted by molar-refractivity contribution is 6.30. The van der Waals surface area contributed by atoms with Crippen molar-refractivity contribution in [3.05, 3.63) is 34.9 Å². The van der Waals surface area contributed by atoms with E-state index in [1.165, 1.54) is 5.56 Å². The largest absolute Gasteiger partial charge is 0.300 e. The molecule has 1 saturated carbocycles. The molecule has 0 saturated heterocycles. The van der Waals surface area contributed by atoms with Crippen LogP contribution in [0.25, 0.3) is 0 Å². The molecule has 0 unspecified atom stereocenters. The molecule has 1 aliphatic carbocycles. The molecule has 2 heteroatoms. The van der Waals surface area contributed by atoms with Gasteiger partial charge in [0.15, 0.2) is 0 Å². The fraction of sp³-hybridized carbons (Fsp3) is 0.417. The lowest BCUT2D eigenvalue weighted by Gasteiger charge is -2.21. The van der Waals surface area contributed by atoms with Crippen LogP contribution in [0.1, 0.15) is 37.2 Å². The molecule has 0 aliphatic heterocycles. The van der Waals surface area contributed by atoms with Crippen molar-refractivity contribution < 1.29 is 4.79 Å². The zero-order valence-electron chi connectivity index (χ0n) is 8.00. The minimum Gasteiger partial charge on any atom is -0.300 e. The average molecular weight is 209 g/mol. The van der Waals surface area contributed by atoms with Crippen LogP contribution in [0.4, 0.5) is 0 Å². The van der Waals surface area contributed by atoms with E-state index in [0.29, 0.717) is 11.7 Å². The Morgan fingerprint density at radius 1 is 1.07 bits per heavy atom. The summed E-state index contributed by atoms with van der Waals surface area (Å²) in [5.74, 6) is 0.972. The Morgan fingerprint density at radius 2 is 1.64 bits per heavy atom. The Labute approximate surface area is 89.1 Å². The molecular weight excluding hydrogens is 196 g/mol. The molecule has 1 aliphatic rings. The molecule has 1 nitrogen and oxygen atoms in total. The number of carbonyl (C=O) groups is 1. The molecule has 0 amide bonds. The van der Waals surface area contributed by atoms with Crippen molar-refractivity contribution in [1.82, 2.24) is 0 Å². The van der Waals surface area contributed by atoms with Gasteiger partial charge in [-0.15, -0.1) is 0 Å². The average Bonchev–Trinajstić information content (AvgIpc) is 2.21. The second-order valence-corrected chi connectivity index (χ2v) is 4.30. The quantitative estimate of drug-likeness (QED) is 0.690. The summed E-state index contributed by atoms with van der Waals surface area (Å²) in [5.41, 5.74) is 1.32. The fourth-order valence-corrected chi connectivity index (χ4v) is 2.13. The van der Waals surface area contributed by atoms with Gasteiger partial charge in [0.2, 0.25) is 0 Å². The van der Waals surface area contributed by atoms with E-state index in [1.807, 2.05) is 12.1 Å². The number of Topliss-reactive ketones (excluding diaryl/α,β-unsaturated/α-hetero) is 1. The van der Waals surface area contributed by atoms with Gasteiger partial charge in [0, 0.05) is 17.9 Å². The van der Waals surface area contributed by atoms with Crippen LogP contribution in [0, 0.1) is 0 Å². The first kappa shape index (κ1) is 9.72. The highest BCUT2D eigenvalue weighted by Gasteiger charge is 2.19. The first-order valence-electron chi connectivity index (χ1n) is 5.03. The Kier molecular flexibility index (Phi) is 2.87. The molecule has 1 fully saturated rings. The number of hydrogen-bond donors (Lipinski definition) is 0. The number of halogens is 1. The van der Waals surface area contributed by atoms with E-state index in [9.17, 15) is 4.79 Å². The topological polar surface area (TPSA) is 17.1 Å². The second-order valence-electron chi connectivity index (χ2n) is 3.86. The SMILES string of the molecule is O=C1CCC(c2ccc(Cl)cc2)CC1. The Morgan fingerprint density at radius 3 is 2.21 bits per heavy atom. The molecule has 0 heterocycles. The summed E-state index contributed by atoms with van der Waals surface area (Å²) < 4.78 is 0. The Bertz CT molecular complexity index is 319. The van der Waals surface area contributed by atoms with Gasteiger partial charge >= 0.3 is 0 Å². The van der Waals surface area contributed by atoms with Crippen molar-refractivity contribution in [2.45, 2.75) is 31.6 Å². The van der Waals surface area contributed by atoms with Gasteiger partial charge in [-0.3, -0.25) is 4.79 Å². The molecule has 0 spiro atoms. The minimum absolute atomic E-state index is 0.412. The molecule has 0 aromatic heterocycles. The molecule has 2 rings (SSSR count). The third kappa shape index (κ3) is 2.16. The van der Waals surface area contributed by atoms with Crippen molar-refractivity contribution in [3.8, 4) is 0 Å². The van der Waals surface area contributed by atoms with Crippen molar-refractivity contribution in [3.63, 3.8) is 0 Å². The van der Waals surface area contributed by atoms with E-state index >= 15 is 0 Å². The maximum atomic E-state index is 11.1. The zero-order chi connectivity index (χ0) is 9.97. The molecule has 0 N–H and O–H groups in total. The van der Waals surface area contributed by atoms with Crippen molar-refractivity contribution in [2.75, 3.05) is 0 Å². The monoisotopic (exact) mass is 208 g/mol. The number of hydrogen-bond acceptors (Lipinski definition) is 1. The molecule has 0 radical (unpaired) electrons. The Balaban J connectivity index is 2.08. The van der Waals surface area contributed by atoms with E-state index in [2.05, 4.69) is 12.1 Å². The van der Waals surface area contributed by atoms with Gasteiger partial charge in [0.05, 0.1) is 0 Å². The van der Waals surface area contributed by atoms with Crippen LogP contribution in [-0.2, 0) is 4.79 Å². The first-order valence-corrected chi connectivity index (χ1v) is 5.40. The normalized spacial score (nSPS) is 18.5. The minimum atomic E-state index is 0.412. The maximum Gasteiger partial charge on any atom is 0.132 e. The predicted octanol–water partition coefficient (Wildman–Crippen LogP) is 3.57. The van der Waals surface area contributed by atoms with Crippen molar-refractivity contribution >= 4 is 17.4 Å². The van der Waals surface area contributed by atoms with Crippen LogP contribution >= 0.6 is 11.6 Å². The third-order valence-electron chi connectivity index (χ3n) is 2.88. The van der Waals surface area contributed by atoms with Gasteiger partial charge in [-0.2, -0.15) is 0 Å². The van der Waals surface area contributed by atoms with Gasteiger partial charge in [-0.1, -0.05) is 23.7 Å². The predicted molar refractivity (Wildman–Crippen MR) is 57.7 cm³/mol. The summed E-state index contributed by atoms with van der Waals surface area (Å²) in [5, 5.41) is 0.778. The smallest absolute Gasteiger partial charge is 0.132 e. The van der Waals surface area contributed by atoms with Crippen LogP contribution in [-0.4, -0.2) is 5.78 Å². The number of benzene rings is 1. The highest BCUT2D eigenvalue weighted by atomic mass is 35.5. The summed E-state index contributed by atoms with van der Waals surface area (Å²) in [6.45, 7) is 0. The zero-order valence-corrected chi connectivity index (χ0v) is 8.76. The van der Waals surface area contributed by atoms with Crippen LogP contribution in [0.3, 0.4) is 0 Å². The first-order chi connectivity index (χ1) is 6.75. The molecule has 74 valence electrons. The molecule has 14 heavy (non-hydrogen) atoms. The number of ketones is 1. The molecule has 1 aromatic rings. The van der Waals surface area contributed by atoms with Crippen LogP contribution < -0.4 is 0 Å². The fourth-order valence-electron chi connectivity index (χ4n) is 2.01. The van der Waals surface area contributed by atoms with Gasteiger partial charge in [0.1, 0.15) is 5.78 Å². The highest BCUT2D eigenvalue weighted by Crippen LogP contribution is 2.31. The number of rotatable bonds is 1. The molecule has 0 atom stereocenters. The lowest BCUT2D eigenvalue weighted by atomic mass is 9.83. The van der Waals surface area contributed by atoms with Gasteiger partial charge in [0.25, 0.3) is 0 Å². The summed E-state index contributed by atoms with van der Waals surface area (Å²) in [6.07, 6.45) is 3.49. The summed E-state index contributed by atoms with van der Waals surface area (Å²) >= 11 is 5.82. The van der Waals surface area contributed by atoms with E-state index in [1.54, 1.807) is 0 Å². The standard InChI is InChI=1S/C12H13ClO/c13-11-5-1-9(2-6-11)10-3-7-12(14)8-4-10/h1-2,5-6,10H,3-4,7-8H2. The second kappa shape index (κ2) is 4.14. The van der Waals surface area contributed by atoms with Crippen LogP contribution in [0.2, 0.25) is 5.02 Å². The van der Waals surface area contributed by atoms with Gasteiger partial charge in [-0.05, 0) is 36.5 Å². The maximum absolute atomic E-state index is 11.1. The summed E-state index contributed by atoms with van der Waals surface area (Å²) in [4.78, 5) is 11.1. The van der Waals surface area contributed by atoms with E-state index < -0.39 is 0 Å². The number of carbonyl (C=O) groups excluding carboxylic acids is 1. The van der Waals surface area contributed by atoms with Crippen LogP contribution in [0.15, 0.2) is 24.3 Å². The van der Waals surface area contributed by atoms with E-state index in [-0.39, 0.29) is 0 Å². The van der Waals surface area contributed by atoms with Gasteiger partial charge < -0.3 is 0 Å². The molecular formula is C12H13ClO. The van der Waals surface area contributed by atoms with Crippen molar-refractivity contribution in [2.24, 2.45) is 0 Å². The van der Waals surface area contributed by atoms with E-state index in [4.69, 9.17) is 11.6 Å². The van der Waals surface area contributed by atoms with Crippen molar-refractivity contribution in [1.29, 1.82) is 0 Å².